The first-order valence-corrected chi connectivity index (χ1v) is 13.1. The van der Waals surface area contributed by atoms with Crippen LogP contribution in [0, 0.1) is 5.92 Å². The largest absolute Gasteiger partial charge is 0.497 e. The SMILES string of the molecule is COC(=O)C1=C(C)N=c2s/c(=C\c3ccc(OCCC(C)C)c(OC)c3)c(=O)n2C1c1ccc(OC)cc1. The fourth-order valence-electron chi connectivity index (χ4n) is 4.24. The number of carbonyl (C=O) groups excluding carboxylic acids is 1. The van der Waals surface area contributed by atoms with E-state index < -0.39 is 12.0 Å². The Labute approximate surface area is 225 Å². The molecule has 3 aromatic rings. The highest BCUT2D eigenvalue weighted by Gasteiger charge is 2.33. The summed E-state index contributed by atoms with van der Waals surface area (Å²) in [4.78, 5) is 31.7. The number of allylic oxidation sites excluding steroid dienone is 1. The Bertz CT molecular complexity index is 1530. The third kappa shape index (κ3) is 5.52. The van der Waals surface area contributed by atoms with E-state index in [0.29, 0.717) is 50.4 Å². The lowest BCUT2D eigenvalue weighted by Crippen LogP contribution is -2.39. The standard InChI is InChI=1S/C29H32N2O6S/c1-17(2)13-14-37-22-12-7-19(15-23(22)35-5)16-24-27(32)31-26(20-8-10-21(34-4)11-9-20)25(28(33)36-6)18(3)30-29(31)38-24/h7-12,15-17,26H,13-14H2,1-6H3/b24-16-. The van der Waals surface area contributed by atoms with Gasteiger partial charge in [0.2, 0.25) is 0 Å². The number of benzene rings is 2. The van der Waals surface area contributed by atoms with Crippen molar-refractivity contribution in [3.05, 3.63) is 84.5 Å². The molecule has 1 atom stereocenters. The number of hydrogen-bond acceptors (Lipinski definition) is 8. The summed E-state index contributed by atoms with van der Waals surface area (Å²) in [5.74, 6) is 1.93. The van der Waals surface area contributed by atoms with Crippen LogP contribution in [0.5, 0.6) is 17.2 Å². The van der Waals surface area contributed by atoms with Crippen LogP contribution >= 0.6 is 11.3 Å². The van der Waals surface area contributed by atoms with Crippen molar-refractivity contribution in [1.82, 2.24) is 4.57 Å². The summed E-state index contributed by atoms with van der Waals surface area (Å²) in [6.45, 7) is 6.64. The lowest BCUT2D eigenvalue weighted by atomic mass is 9.96. The zero-order valence-corrected chi connectivity index (χ0v) is 23.3. The van der Waals surface area contributed by atoms with E-state index in [1.165, 1.54) is 18.4 Å². The van der Waals surface area contributed by atoms with Crippen LogP contribution in [0.15, 0.2) is 63.5 Å². The van der Waals surface area contributed by atoms with Crippen LogP contribution in [0.1, 0.15) is 44.4 Å². The first-order chi connectivity index (χ1) is 18.3. The van der Waals surface area contributed by atoms with Gasteiger partial charge < -0.3 is 18.9 Å². The smallest absolute Gasteiger partial charge is 0.338 e. The Balaban J connectivity index is 1.80. The second kappa shape index (κ2) is 11.7. The van der Waals surface area contributed by atoms with Gasteiger partial charge in [-0.1, -0.05) is 43.4 Å². The van der Waals surface area contributed by atoms with E-state index in [-0.39, 0.29) is 5.56 Å². The first-order valence-electron chi connectivity index (χ1n) is 12.3. The molecular weight excluding hydrogens is 504 g/mol. The Hall–Kier alpha value is -3.85. The highest BCUT2D eigenvalue weighted by atomic mass is 32.1. The molecule has 2 heterocycles. The van der Waals surface area contributed by atoms with E-state index in [4.69, 9.17) is 18.9 Å². The molecule has 0 N–H and O–H groups in total. The number of methoxy groups -OCH3 is 3. The second-order valence-electron chi connectivity index (χ2n) is 9.29. The number of hydrogen-bond donors (Lipinski definition) is 0. The van der Waals surface area contributed by atoms with E-state index in [0.717, 1.165) is 17.5 Å². The van der Waals surface area contributed by atoms with E-state index in [2.05, 4.69) is 18.8 Å². The molecule has 0 radical (unpaired) electrons. The van der Waals surface area contributed by atoms with Crippen molar-refractivity contribution < 1.29 is 23.7 Å². The zero-order valence-electron chi connectivity index (χ0n) is 22.4. The maximum absolute atomic E-state index is 13.7. The second-order valence-corrected chi connectivity index (χ2v) is 10.3. The van der Waals surface area contributed by atoms with E-state index in [9.17, 15) is 9.59 Å². The number of thiazole rings is 1. The molecule has 0 saturated heterocycles. The summed E-state index contributed by atoms with van der Waals surface area (Å²) in [7, 11) is 4.50. The molecule has 1 aromatic heterocycles. The van der Waals surface area contributed by atoms with Gasteiger partial charge in [0.15, 0.2) is 16.3 Å². The first kappa shape index (κ1) is 27.2. The van der Waals surface area contributed by atoms with Gasteiger partial charge in [0.1, 0.15) is 5.75 Å². The average molecular weight is 537 g/mol. The molecule has 38 heavy (non-hydrogen) atoms. The number of carbonyl (C=O) groups is 1. The van der Waals surface area contributed by atoms with Crippen LogP contribution in [0.25, 0.3) is 6.08 Å². The fraction of sp³-hybridized carbons (Fsp3) is 0.345. The quantitative estimate of drug-likeness (QED) is 0.386. The van der Waals surface area contributed by atoms with Crippen molar-refractivity contribution in [3.63, 3.8) is 0 Å². The van der Waals surface area contributed by atoms with Crippen molar-refractivity contribution >= 4 is 23.4 Å². The predicted molar refractivity (Wildman–Crippen MR) is 147 cm³/mol. The fourth-order valence-corrected chi connectivity index (χ4v) is 5.29. The third-order valence-electron chi connectivity index (χ3n) is 6.30. The molecule has 9 heteroatoms. The molecule has 1 aliphatic heterocycles. The summed E-state index contributed by atoms with van der Waals surface area (Å²) < 4.78 is 23.8. The summed E-state index contributed by atoms with van der Waals surface area (Å²) in [6.07, 6.45) is 2.74. The third-order valence-corrected chi connectivity index (χ3v) is 7.28. The van der Waals surface area contributed by atoms with Crippen molar-refractivity contribution in [3.8, 4) is 17.2 Å². The molecule has 0 spiro atoms. The van der Waals surface area contributed by atoms with Crippen LogP contribution in [-0.4, -0.2) is 38.5 Å². The predicted octanol–water partition coefficient (Wildman–Crippen LogP) is 3.85. The van der Waals surface area contributed by atoms with Crippen LogP contribution < -0.4 is 29.1 Å². The number of aromatic nitrogens is 1. The summed E-state index contributed by atoms with van der Waals surface area (Å²) in [6, 6.07) is 12.2. The molecular formula is C29H32N2O6S. The number of rotatable bonds is 9. The monoisotopic (exact) mass is 536 g/mol. The molecule has 8 nitrogen and oxygen atoms in total. The normalized spacial score (nSPS) is 15.2. The van der Waals surface area contributed by atoms with Crippen molar-refractivity contribution in [2.24, 2.45) is 10.9 Å². The highest BCUT2D eigenvalue weighted by Crippen LogP contribution is 2.32. The molecule has 200 valence electrons. The van der Waals surface area contributed by atoms with Gasteiger partial charge in [-0.2, -0.15) is 0 Å². The molecule has 0 aliphatic carbocycles. The van der Waals surface area contributed by atoms with E-state index in [1.54, 1.807) is 43.9 Å². The Morgan fingerprint density at radius 2 is 1.82 bits per heavy atom. The topological polar surface area (TPSA) is 88.4 Å². The van der Waals surface area contributed by atoms with Gasteiger partial charge in [-0.05, 0) is 60.7 Å². The molecule has 2 aromatic carbocycles. The molecule has 1 unspecified atom stereocenters. The molecule has 4 rings (SSSR count). The van der Waals surface area contributed by atoms with E-state index >= 15 is 0 Å². The molecule has 1 aliphatic rings. The zero-order chi connectivity index (χ0) is 27.4. The van der Waals surface area contributed by atoms with Crippen molar-refractivity contribution in [1.29, 1.82) is 0 Å². The maximum atomic E-state index is 13.7. The molecule has 0 saturated carbocycles. The summed E-state index contributed by atoms with van der Waals surface area (Å²) in [5, 5.41) is 0. The minimum atomic E-state index is -0.682. The Morgan fingerprint density at radius 3 is 2.45 bits per heavy atom. The Morgan fingerprint density at radius 1 is 1.08 bits per heavy atom. The molecule has 0 bridgehead atoms. The number of fused-ring (bicyclic) bond motifs is 1. The highest BCUT2D eigenvalue weighted by molar-refractivity contribution is 7.07. The lowest BCUT2D eigenvalue weighted by molar-refractivity contribution is -0.136. The maximum Gasteiger partial charge on any atom is 0.338 e. The Kier molecular flexibility index (Phi) is 8.36. The van der Waals surface area contributed by atoms with Crippen LogP contribution in [0.2, 0.25) is 0 Å². The molecule has 0 amide bonds. The number of nitrogens with zero attached hydrogens (tertiary/aromatic N) is 2. The van der Waals surface area contributed by atoms with Gasteiger partial charge in [0, 0.05) is 0 Å². The van der Waals surface area contributed by atoms with Crippen LogP contribution in [0.3, 0.4) is 0 Å². The number of esters is 1. The van der Waals surface area contributed by atoms with Crippen LogP contribution in [-0.2, 0) is 9.53 Å². The van der Waals surface area contributed by atoms with Crippen molar-refractivity contribution in [2.75, 3.05) is 27.9 Å². The van der Waals surface area contributed by atoms with Crippen LogP contribution in [0.4, 0.5) is 0 Å². The summed E-state index contributed by atoms with van der Waals surface area (Å²) >= 11 is 1.27. The van der Waals surface area contributed by atoms with Gasteiger partial charge in [-0.15, -0.1) is 0 Å². The molecule has 0 fully saturated rings. The number of ether oxygens (including phenoxy) is 4. The minimum absolute atomic E-state index is 0.250. The van der Waals surface area contributed by atoms with Gasteiger partial charge >= 0.3 is 5.97 Å². The van der Waals surface area contributed by atoms with E-state index in [1.807, 2.05) is 30.3 Å². The minimum Gasteiger partial charge on any atom is -0.497 e. The lowest BCUT2D eigenvalue weighted by Gasteiger charge is -2.24. The summed E-state index contributed by atoms with van der Waals surface area (Å²) in [5.41, 5.74) is 2.11. The average Bonchev–Trinajstić information content (AvgIpc) is 3.21. The van der Waals surface area contributed by atoms with Gasteiger partial charge in [0.05, 0.1) is 49.8 Å². The van der Waals surface area contributed by atoms with Crippen molar-refractivity contribution in [2.45, 2.75) is 33.2 Å². The van der Waals surface area contributed by atoms with Gasteiger partial charge in [-0.3, -0.25) is 9.36 Å². The van der Waals surface area contributed by atoms with Gasteiger partial charge in [0.25, 0.3) is 5.56 Å². The van der Waals surface area contributed by atoms with Gasteiger partial charge in [-0.25, -0.2) is 9.79 Å².